The first-order valence-corrected chi connectivity index (χ1v) is 26.0. The maximum absolute atomic E-state index is 12.8. The number of carbonyl (C=O) groups excluding carboxylic acids is 1. The van der Waals surface area contributed by atoms with Crippen LogP contribution in [-0.4, -0.2) is 89.6 Å². The minimum Gasteiger partial charge on any atom is -0.457 e. The Morgan fingerprint density at radius 2 is 0.953 bits per heavy atom. The average molecular weight is 901 g/mol. The molecule has 1 rings (SSSR count). The van der Waals surface area contributed by atoms with Crippen molar-refractivity contribution < 1.29 is 44.2 Å². The van der Waals surface area contributed by atoms with Gasteiger partial charge in [-0.2, -0.15) is 0 Å². The van der Waals surface area contributed by atoms with Gasteiger partial charge in [-0.15, -0.1) is 0 Å². The van der Waals surface area contributed by atoms with Crippen molar-refractivity contribution in [3.05, 3.63) is 72.9 Å². The van der Waals surface area contributed by atoms with Crippen LogP contribution in [0.3, 0.4) is 0 Å². The maximum Gasteiger partial charge on any atom is 0.306 e. The lowest BCUT2D eigenvalue weighted by Gasteiger charge is -2.39. The van der Waals surface area contributed by atoms with Gasteiger partial charge >= 0.3 is 5.97 Å². The molecule has 6 atom stereocenters. The van der Waals surface area contributed by atoms with Gasteiger partial charge in [0.1, 0.15) is 30.5 Å². The molecule has 0 bridgehead atoms. The van der Waals surface area contributed by atoms with Gasteiger partial charge in [0.05, 0.1) is 19.8 Å². The molecule has 1 saturated heterocycles. The second-order valence-electron chi connectivity index (χ2n) is 17.6. The van der Waals surface area contributed by atoms with E-state index in [0.29, 0.717) is 13.0 Å². The summed E-state index contributed by atoms with van der Waals surface area (Å²) in [6.45, 7) is 4.38. The van der Waals surface area contributed by atoms with Crippen LogP contribution in [0.15, 0.2) is 72.9 Å². The first-order valence-electron chi connectivity index (χ1n) is 26.0. The number of aliphatic hydroxyl groups excluding tert-OH is 4. The van der Waals surface area contributed by atoms with Crippen molar-refractivity contribution in [2.75, 3.05) is 26.4 Å². The monoisotopic (exact) mass is 901 g/mol. The largest absolute Gasteiger partial charge is 0.457 e. The summed E-state index contributed by atoms with van der Waals surface area (Å²) in [6, 6.07) is 0. The Hall–Kier alpha value is -2.37. The average Bonchev–Trinajstić information content (AvgIpc) is 3.30. The van der Waals surface area contributed by atoms with Crippen LogP contribution in [-0.2, 0) is 23.7 Å². The van der Waals surface area contributed by atoms with E-state index in [4.69, 9.17) is 18.9 Å². The standard InChI is InChI=1S/C55H96O9/c1-3-5-7-9-11-13-15-17-19-21-23-24-25-27-29-31-33-35-37-39-41-43-45-61-47-49(48-62-55-54(60)53(59)52(58)50(46-56)64-55)63-51(57)44-42-40-38-36-34-32-30-28-26-22-20-18-16-14-12-10-8-6-4-2/h5,7,11,13,17,19,23-24,27,29,33,35,49-50,52-56,58-60H,3-4,6,8-10,12,14-16,18,20-22,25-26,28,30-32,34,36-48H2,1-2H3/b7-5-,13-11-,19-17-,24-23-,29-27-,35-33-. The van der Waals surface area contributed by atoms with E-state index in [1.54, 1.807) is 0 Å². The van der Waals surface area contributed by atoms with Crippen LogP contribution in [0.2, 0.25) is 0 Å². The summed E-state index contributed by atoms with van der Waals surface area (Å²) < 4.78 is 22.9. The number of hydrogen-bond donors (Lipinski definition) is 4. The van der Waals surface area contributed by atoms with Crippen molar-refractivity contribution >= 4 is 5.97 Å². The van der Waals surface area contributed by atoms with Gasteiger partial charge in [-0.05, 0) is 64.2 Å². The SMILES string of the molecule is CC/C=C\C/C=C\C/C=C\C/C=C\C/C=C\C/C=C\CCCCCOCC(COC1OC(CO)C(O)C(O)C1O)OC(=O)CCCCCCCCCCCCCCCCCCCCC. The molecule has 1 aliphatic rings. The van der Waals surface area contributed by atoms with Gasteiger partial charge in [0.15, 0.2) is 6.29 Å². The van der Waals surface area contributed by atoms with Crippen molar-refractivity contribution in [1.82, 2.24) is 0 Å². The predicted molar refractivity (Wildman–Crippen MR) is 265 cm³/mol. The fraction of sp³-hybridized carbons (Fsp3) is 0.764. The minimum atomic E-state index is -1.55. The van der Waals surface area contributed by atoms with Crippen molar-refractivity contribution in [1.29, 1.82) is 0 Å². The van der Waals surface area contributed by atoms with E-state index in [2.05, 4.69) is 86.8 Å². The lowest BCUT2D eigenvalue weighted by Crippen LogP contribution is -2.59. The smallest absolute Gasteiger partial charge is 0.306 e. The highest BCUT2D eigenvalue weighted by Gasteiger charge is 2.44. The molecule has 0 spiro atoms. The van der Waals surface area contributed by atoms with Gasteiger partial charge in [0, 0.05) is 13.0 Å². The molecule has 0 saturated carbocycles. The molecule has 6 unspecified atom stereocenters. The third-order valence-corrected chi connectivity index (χ3v) is 11.6. The first-order chi connectivity index (χ1) is 31.4. The zero-order chi connectivity index (χ0) is 46.4. The Kier molecular flexibility index (Phi) is 42.7. The summed E-state index contributed by atoms with van der Waals surface area (Å²) in [6.07, 6.45) is 53.6. The van der Waals surface area contributed by atoms with Gasteiger partial charge in [0.25, 0.3) is 0 Å². The molecule has 64 heavy (non-hydrogen) atoms. The van der Waals surface area contributed by atoms with E-state index in [-0.39, 0.29) is 19.2 Å². The molecule has 0 aromatic carbocycles. The van der Waals surface area contributed by atoms with E-state index < -0.39 is 43.4 Å². The van der Waals surface area contributed by atoms with Crippen LogP contribution in [0, 0.1) is 0 Å². The summed E-state index contributed by atoms with van der Waals surface area (Å²) in [5, 5.41) is 40.3. The van der Waals surface area contributed by atoms with Gasteiger partial charge < -0.3 is 39.4 Å². The topological polar surface area (TPSA) is 135 Å². The summed E-state index contributed by atoms with van der Waals surface area (Å²) in [5.41, 5.74) is 0. The lowest BCUT2D eigenvalue weighted by atomic mass is 9.99. The normalized spacial score (nSPS) is 20.1. The highest BCUT2D eigenvalue weighted by molar-refractivity contribution is 5.69. The number of rotatable bonds is 44. The van der Waals surface area contributed by atoms with Crippen LogP contribution in [0.25, 0.3) is 0 Å². The van der Waals surface area contributed by atoms with Crippen LogP contribution < -0.4 is 0 Å². The minimum absolute atomic E-state index is 0.121. The number of esters is 1. The summed E-state index contributed by atoms with van der Waals surface area (Å²) in [5.74, 6) is -0.325. The molecule has 370 valence electrons. The van der Waals surface area contributed by atoms with Crippen LogP contribution >= 0.6 is 0 Å². The van der Waals surface area contributed by atoms with E-state index in [1.165, 1.54) is 103 Å². The summed E-state index contributed by atoms with van der Waals surface area (Å²) >= 11 is 0. The second-order valence-corrected chi connectivity index (χ2v) is 17.6. The number of carbonyl (C=O) groups is 1. The molecule has 0 aromatic rings. The number of ether oxygens (including phenoxy) is 4. The van der Waals surface area contributed by atoms with Gasteiger partial charge in [-0.1, -0.05) is 209 Å². The second kappa shape index (κ2) is 45.8. The van der Waals surface area contributed by atoms with Gasteiger partial charge in [0.2, 0.25) is 0 Å². The third-order valence-electron chi connectivity index (χ3n) is 11.6. The van der Waals surface area contributed by atoms with Crippen molar-refractivity contribution in [2.45, 2.75) is 243 Å². The lowest BCUT2D eigenvalue weighted by molar-refractivity contribution is -0.305. The predicted octanol–water partition coefficient (Wildman–Crippen LogP) is 12.8. The quantitative estimate of drug-likeness (QED) is 0.0268. The molecule has 1 fully saturated rings. The van der Waals surface area contributed by atoms with Crippen LogP contribution in [0.1, 0.15) is 206 Å². The number of hydrogen-bond acceptors (Lipinski definition) is 9. The molecule has 4 N–H and O–H groups in total. The highest BCUT2D eigenvalue weighted by atomic mass is 16.7. The number of aliphatic hydroxyl groups is 4. The molecule has 0 aromatic heterocycles. The Morgan fingerprint density at radius 1 is 0.516 bits per heavy atom. The van der Waals surface area contributed by atoms with E-state index in [9.17, 15) is 25.2 Å². The fourth-order valence-electron chi connectivity index (χ4n) is 7.61. The zero-order valence-electron chi connectivity index (χ0n) is 40.8. The maximum atomic E-state index is 12.8. The van der Waals surface area contributed by atoms with E-state index >= 15 is 0 Å². The van der Waals surface area contributed by atoms with E-state index in [0.717, 1.165) is 83.5 Å². The Labute approximate surface area is 391 Å². The van der Waals surface area contributed by atoms with Crippen molar-refractivity contribution in [2.24, 2.45) is 0 Å². The molecule has 0 aliphatic carbocycles. The molecule has 0 amide bonds. The van der Waals surface area contributed by atoms with Crippen molar-refractivity contribution in [3.8, 4) is 0 Å². The molecule has 1 aliphatic heterocycles. The van der Waals surface area contributed by atoms with Crippen molar-refractivity contribution in [3.63, 3.8) is 0 Å². The Morgan fingerprint density at radius 3 is 1.42 bits per heavy atom. The first kappa shape index (κ1) is 59.6. The molecule has 9 heteroatoms. The Balaban J connectivity index is 2.24. The van der Waals surface area contributed by atoms with Crippen LogP contribution in [0.5, 0.6) is 0 Å². The van der Waals surface area contributed by atoms with Gasteiger partial charge in [-0.3, -0.25) is 4.79 Å². The summed E-state index contributed by atoms with van der Waals surface area (Å²) in [7, 11) is 0. The van der Waals surface area contributed by atoms with Gasteiger partial charge in [-0.25, -0.2) is 0 Å². The fourth-order valence-corrected chi connectivity index (χ4v) is 7.61. The number of allylic oxidation sites excluding steroid dienone is 12. The zero-order valence-corrected chi connectivity index (χ0v) is 40.8. The Bertz CT molecular complexity index is 1210. The molecular weight excluding hydrogens is 805 g/mol. The molecular formula is C55H96O9. The number of unbranched alkanes of at least 4 members (excludes halogenated alkanes) is 21. The third kappa shape index (κ3) is 35.8. The summed E-state index contributed by atoms with van der Waals surface area (Å²) in [4.78, 5) is 12.8. The van der Waals surface area contributed by atoms with Crippen LogP contribution in [0.4, 0.5) is 0 Å². The molecule has 9 nitrogen and oxygen atoms in total. The molecule has 0 radical (unpaired) electrons. The molecule has 1 heterocycles. The van der Waals surface area contributed by atoms with E-state index in [1.807, 2.05) is 0 Å². The highest BCUT2D eigenvalue weighted by Crippen LogP contribution is 2.23.